The summed E-state index contributed by atoms with van der Waals surface area (Å²) in [5, 5.41) is 0. The molecule has 0 aliphatic carbocycles. The average molecular weight is 239 g/mol. The van der Waals surface area contributed by atoms with Crippen molar-refractivity contribution in [1.82, 2.24) is 4.98 Å². The minimum absolute atomic E-state index is 0.0517. The fraction of sp³-hybridized carbons (Fsp3) is 0.300. The fourth-order valence-electron chi connectivity index (χ4n) is 0.993. The normalized spacial score (nSPS) is 12.1. The van der Waals surface area contributed by atoms with Crippen molar-refractivity contribution < 1.29 is 0 Å². The fourth-order valence-corrected chi connectivity index (χ4v) is 1.23. The van der Waals surface area contributed by atoms with Crippen LogP contribution in [0.5, 0.6) is 0 Å². The average Bonchev–Trinajstić information content (AvgIpc) is 2.15. The van der Waals surface area contributed by atoms with Crippen LogP contribution in [0.4, 0.5) is 0 Å². The number of hydrogen-bond acceptors (Lipinski definition) is 2. The molecule has 3 heteroatoms. The molecule has 0 aliphatic heterocycles. The van der Waals surface area contributed by atoms with Gasteiger partial charge in [-0.1, -0.05) is 0 Å². The lowest BCUT2D eigenvalue weighted by Gasteiger charge is -2.08. The summed E-state index contributed by atoms with van der Waals surface area (Å²) in [5.74, 6) is 2.56. The van der Waals surface area contributed by atoms with Crippen molar-refractivity contribution in [3.8, 4) is 12.3 Å². The molecular formula is C10H11BrN2. The number of rotatable bonds is 3. The molecule has 0 saturated heterocycles. The molecular weight excluding hydrogens is 228 g/mol. The van der Waals surface area contributed by atoms with Gasteiger partial charge < -0.3 is 5.73 Å². The van der Waals surface area contributed by atoms with E-state index in [0.717, 1.165) is 16.6 Å². The zero-order valence-electron chi connectivity index (χ0n) is 7.20. The van der Waals surface area contributed by atoms with Crippen LogP contribution in [-0.4, -0.2) is 4.98 Å². The van der Waals surface area contributed by atoms with Gasteiger partial charge >= 0.3 is 0 Å². The van der Waals surface area contributed by atoms with Crippen molar-refractivity contribution in [1.29, 1.82) is 0 Å². The Hall–Kier alpha value is -0.850. The van der Waals surface area contributed by atoms with E-state index in [-0.39, 0.29) is 6.04 Å². The predicted molar refractivity (Wildman–Crippen MR) is 56.9 cm³/mol. The van der Waals surface area contributed by atoms with Crippen molar-refractivity contribution in [2.45, 2.75) is 18.9 Å². The van der Waals surface area contributed by atoms with E-state index >= 15 is 0 Å². The van der Waals surface area contributed by atoms with Gasteiger partial charge in [0.2, 0.25) is 0 Å². The Kier molecular flexibility index (Phi) is 3.94. The van der Waals surface area contributed by atoms with Crippen LogP contribution < -0.4 is 5.73 Å². The van der Waals surface area contributed by atoms with Crippen molar-refractivity contribution in [2.24, 2.45) is 5.73 Å². The molecule has 13 heavy (non-hydrogen) atoms. The second-order valence-electron chi connectivity index (χ2n) is 2.75. The summed E-state index contributed by atoms with van der Waals surface area (Å²) in [6.07, 6.45) is 8.36. The van der Waals surface area contributed by atoms with Crippen molar-refractivity contribution >= 4 is 15.9 Å². The van der Waals surface area contributed by atoms with Gasteiger partial charge in [0.1, 0.15) is 0 Å². The van der Waals surface area contributed by atoms with E-state index in [1.165, 1.54) is 0 Å². The first-order chi connectivity index (χ1) is 6.24. The Morgan fingerprint density at radius 3 is 2.92 bits per heavy atom. The van der Waals surface area contributed by atoms with E-state index in [0.29, 0.717) is 6.42 Å². The molecule has 2 nitrogen and oxygen atoms in total. The lowest BCUT2D eigenvalue weighted by molar-refractivity contribution is 0.648. The largest absolute Gasteiger partial charge is 0.323 e. The summed E-state index contributed by atoms with van der Waals surface area (Å²) < 4.78 is 0.959. The maximum absolute atomic E-state index is 5.86. The minimum Gasteiger partial charge on any atom is -0.323 e. The van der Waals surface area contributed by atoms with E-state index < -0.39 is 0 Å². The number of pyridine rings is 1. The molecule has 1 atom stereocenters. The number of nitrogens with zero attached hydrogens (tertiary/aromatic N) is 1. The number of terminal acetylenes is 1. The first-order valence-electron chi connectivity index (χ1n) is 4.04. The highest BCUT2D eigenvalue weighted by Gasteiger charge is 2.05. The van der Waals surface area contributed by atoms with Crippen LogP contribution in [0.15, 0.2) is 22.8 Å². The highest BCUT2D eigenvalue weighted by atomic mass is 79.9. The smallest absolute Gasteiger partial charge is 0.0572 e. The van der Waals surface area contributed by atoms with E-state index in [9.17, 15) is 0 Å². The van der Waals surface area contributed by atoms with Crippen LogP contribution in [0.25, 0.3) is 0 Å². The summed E-state index contributed by atoms with van der Waals surface area (Å²) in [7, 11) is 0. The van der Waals surface area contributed by atoms with Crippen LogP contribution in [0, 0.1) is 12.3 Å². The standard InChI is InChI=1S/C10H11BrN2/c1-2-3-4-9(12)10-6-5-8(11)7-13-10/h1,5-7,9H,3-4,12H2. The van der Waals surface area contributed by atoms with Gasteiger partial charge in [0, 0.05) is 23.1 Å². The van der Waals surface area contributed by atoms with Gasteiger partial charge in [-0.25, -0.2) is 0 Å². The SMILES string of the molecule is C#CCCC(N)c1ccc(Br)cn1. The van der Waals surface area contributed by atoms with Crippen LogP contribution in [0.3, 0.4) is 0 Å². The van der Waals surface area contributed by atoms with Crippen LogP contribution in [0.2, 0.25) is 0 Å². The Labute approximate surface area is 86.7 Å². The van der Waals surface area contributed by atoms with Gasteiger partial charge in [-0.15, -0.1) is 12.3 Å². The Bertz CT molecular complexity index is 300. The molecule has 0 bridgehead atoms. The quantitative estimate of drug-likeness (QED) is 0.821. The van der Waals surface area contributed by atoms with Gasteiger partial charge in [-0.2, -0.15) is 0 Å². The molecule has 2 N–H and O–H groups in total. The van der Waals surface area contributed by atoms with Gasteiger partial charge in [0.15, 0.2) is 0 Å². The number of halogens is 1. The highest BCUT2D eigenvalue weighted by molar-refractivity contribution is 9.10. The Morgan fingerprint density at radius 1 is 1.62 bits per heavy atom. The van der Waals surface area contributed by atoms with Crippen molar-refractivity contribution in [3.63, 3.8) is 0 Å². The van der Waals surface area contributed by atoms with E-state index in [1.54, 1.807) is 6.20 Å². The third-order valence-corrected chi connectivity index (χ3v) is 2.20. The molecule has 0 radical (unpaired) electrons. The lowest BCUT2D eigenvalue weighted by Crippen LogP contribution is -2.11. The molecule has 68 valence electrons. The summed E-state index contributed by atoms with van der Waals surface area (Å²) in [6.45, 7) is 0. The zero-order chi connectivity index (χ0) is 9.68. The Morgan fingerprint density at radius 2 is 2.38 bits per heavy atom. The molecule has 1 aromatic rings. The molecule has 0 spiro atoms. The van der Waals surface area contributed by atoms with Gasteiger partial charge in [0.05, 0.1) is 5.69 Å². The second-order valence-corrected chi connectivity index (χ2v) is 3.67. The predicted octanol–water partition coefficient (Wildman–Crippen LogP) is 2.26. The third kappa shape index (κ3) is 3.17. The van der Waals surface area contributed by atoms with Crippen molar-refractivity contribution in [2.75, 3.05) is 0 Å². The summed E-state index contributed by atoms with van der Waals surface area (Å²) in [4.78, 5) is 4.19. The topological polar surface area (TPSA) is 38.9 Å². The number of hydrogen-bond donors (Lipinski definition) is 1. The second kappa shape index (κ2) is 5.00. The van der Waals surface area contributed by atoms with Gasteiger partial charge in [0.25, 0.3) is 0 Å². The molecule has 1 unspecified atom stereocenters. The molecule has 0 aromatic carbocycles. The molecule has 1 aromatic heterocycles. The highest BCUT2D eigenvalue weighted by Crippen LogP contribution is 2.15. The van der Waals surface area contributed by atoms with Gasteiger partial charge in [-0.3, -0.25) is 4.98 Å². The van der Waals surface area contributed by atoms with Crippen LogP contribution >= 0.6 is 15.9 Å². The zero-order valence-corrected chi connectivity index (χ0v) is 8.79. The summed E-state index contributed by atoms with van der Waals surface area (Å²) >= 11 is 3.31. The molecule has 0 saturated carbocycles. The van der Waals surface area contributed by atoms with E-state index in [4.69, 9.17) is 12.2 Å². The van der Waals surface area contributed by atoms with Crippen molar-refractivity contribution in [3.05, 3.63) is 28.5 Å². The summed E-state index contributed by atoms with van der Waals surface area (Å²) in [5.41, 5.74) is 6.75. The molecule has 1 heterocycles. The summed E-state index contributed by atoms with van der Waals surface area (Å²) in [6, 6.07) is 3.78. The third-order valence-electron chi connectivity index (χ3n) is 1.73. The number of nitrogens with two attached hydrogens (primary N) is 1. The monoisotopic (exact) mass is 238 g/mol. The minimum atomic E-state index is -0.0517. The maximum atomic E-state index is 5.86. The van der Waals surface area contributed by atoms with E-state index in [2.05, 4.69) is 26.8 Å². The molecule has 1 rings (SSSR count). The first-order valence-corrected chi connectivity index (χ1v) is 4.84. The Balaban J connectivity index is 2.62. The molecule has 0 amide bonds. The van der Waals surface area contributed by atoms with Crippen LogP contribution in [0.1, 0.15) is 24.6 Å². The van der Waals surface area contributed by atoms with E-state index in [1.807, 2.05) is 12.1 Å². The van der Waals surface area contributed by atoms with Crippen LogP contribution in [-0.2, 0) is 0 Å². The molecule has 0 fully saturated rings. The number of aromatic nitrogens is 1. The maximum Gasteiger partial charge on any atom is 0.0572 e. The molecule has 0 aliphatic rings. The lowest BCUT2D eigenvalue weighted by atomic mass is 10.1. The first kappa shape index (κ1) is 10.2. The van der Waals surface area contributed by atoms with Gasteiger partial charge in [-0.05, 0) is 34.5 Å².